The molecule has 2 heterocycles. The second-order valence-electron chi connectivity index (χ2n) is 6.85. The van der Waals surface area contributed by atoms with Crippen molar-refractivity contribution in [1.82, 2.24) is 25.2 Å². The summed E-state index contributed by atoms with van der Waals surface area (Å²) in [5.74, 6) is 0.0562. The molecule has 0 amide bonds. The van der Waals surface area contributed by atoms with E-state index in [0.29, 0.717) is 31.0 Å². The Hall–Kier alpha value is -3.11. The number of carbonyl (C=O) groups is 1. The highest BCUT2D eigenvalue weighted by molar-refractivity contribution is 5.79. The van der Waals surface area contributed by atoms with Crippen LogP contribution in [0.2, 0.25) is 0 Å². The summed E-state index contributed by atoms with van der Waals surface area (Å²) in [7, 11) is 0. The normalized spacial score (nSPS) is 12.2. The lowest BCUT2D eigenvalue weighted by Gasteiger charge is -2.18. The first-order chi connectivity index (χ1) is 14.0. The highest BCUT2D eigenvalue weighted by atomic mass is 16.5. The molecule has 0 aliphatic heterocycles. The number of quaternary nitrogens is 1. The van der Waals surface area contributed by atoms with Crippen LogP contribution < -0.4 is 10.5 Å². The van der Waals surface area contributed by atoms with Crippen molar-refractivity contribution in [3.05, 3.63) is 51.6 Å². The summed E-state index contributed by atoms with van der Waals surface area (Å²) in [5, 5.41) is 21.9. The maximum absolute atomic E-state index is 12.5. The van der Waals surface area contributed by atoms with Crippen molar-refractivity contribution >= 4 is 16.9 Å². The number of pyridine rings is 1. The number of esters is 1. The van der Waals surface area contributed by atoms with E-state index < -0.39 is 5.97 Å². The molecular weight excluding hydrogens is 376 g/mol. The van der Waals surface area contributed by atoms with Crippen LogP contribution in [0.4, 0.5) is 0 Å². The maximum atomic E-state index is 12.5. The molecule has 3 aromatic rings. The van der Waals surface area contributed by atoms with Gasteiger partial charge in [0.1, 0.15) is 26.2 Å². The van der Waals surface area contributed by atoms with E-state index in [0.717, 1.165) is 21.4 Å². The number of nitrogens with zero attached hydrogens (tertiary/aromatic N) is 4. The molecule has 10 heteroatoms. The van der Waals surface area contributed by atoms with Gasteiger partial charge in [-0.3, -0.25) is 9.59 Å². The average molecular weight is 401 g/mol. The van der Waals surface area contributed by atoms with Crippen molar-refractivity contribution in [2.24, 2.45) is 0 Å². The van der Waals surface area contributed by atoms with Gasteiger partial charge in [0.15, 0.2) is 0 Å². The van der Waals surface area contributed by atoms with Gasteiger partial charge in [-0.1, -0.05) is 11.6 Å². The van der Waals surface area contributed by atoms with E-state index in [1.807, 2.05) is 31.2 Å². The first-order valence-electron chi connectivity index (χ1n) is 9.47. The van der Waals surface area contributed by atoms with Gasteiger partial charge in [-0.25, -0.2) is 4.68 Å². The smallest absolute Gasteiger partial charge is 0.327 e. The Kier molecular flexibility index (Phi) is 6.68. The lowest BCUT2D eigenvalue weighted by Crippen LogP contribution is -3.10. The van der Waals surface area contributed by atoms with E-state index in [-0.39, 0.29) is 25.3 Å². The molecule has 1 atom stereocenters. The summed E-state index contributed by atoms with van der Waals surface area (Å²) in [6, 6.07) is 7.73. The minimum atomic E-state index is -0.425. The summed E-state index contributed by atoms with van der Waals surface area (Å²) in [5.41, 5.74) is 2.33. The van der Waals surface area contributed by atoms with Crippen molar-refractivity contribution < 1.29 is 19.5 Å². The quantitative estimate of drug-likeness (QED) is 0.391. The highest BCUT2D eigenvalue weighted by Crippen LogP contribution is 2.12. The van der Waals surface area contributed by atoms with Gasteiger partial charge in [-0.15, -0.1) is 5.10 Å². The molecule has 10 nitrogen and oxygen atoms in total. The van der Waals surface area contributed by atoms with E-state index in [1.165, 1.54) is 4.68 Å². The largest absolute Gasteiger partial charge is 0.465 e. The number of aliphatic hydroxyl groups excluding tert-OH is 1. The van der Waals surface area contributed by atoms with Crippen LogP contribution >= 0.6 is 0 Å². The number of tetrazole rings is 1. The molecule has 29 heavy (non-hydrogen) atoms. The van der Waals surface area contributed by atoms with Crippen LogP contribution in [0.5, 0.6) is 0 Å². The Bertz CT molecular complexity index is 1040. The van der Waals surface area contributed by atoms with Gasteiger partial charge in [0.2, 0.25) is 5.82 Å². The SMILES string of the molecule is CCOC(=O)Cn1nnnc1C[NH+](CCO)Cc1cc2cc(C)ccc2[nH]c1=O. The summed E-state index contributed by atoms with van der Waals surface area (Å²) >= 11 is 0. The first-order valence-corrected chi connectivity index (χ1v) is 9.47. The number of hydrogen-bond donors (Lipinski definition) is 3. The van der Waals surface area contributed by atoms with Crippen LogP contribution in [0.1, 0.15) is 23.9 Å². The summed E-state index contributed by atoms with van der Waals surface area (Å²) in [6.45, 7) is 4.99. The molecule has 2 aromatic heterocycles. The number of aliphatic hydroxyl groups is 1. The van der Waals surface area contributed by atoms with Crippen LogP contribution in [-0.4, -0.2) is 56.0 Å². The molecule has 0 radical (unpaired) electrons. The molecule has 1 unspecified atom stereocenters. The lowest BCUT2D eigenvalue weighted by molar-refractivity contribution is -0.928. The second kappa shape index (κ2) is 9.39. The number of aromatic nitrogens is 5. The van der Waals surface area contributed by atoms with Crippen molar-refractivity contribution in [2.45, 2.75) is 33.5 Å². The Balaban J connectivity index is 1.80. The van der Waals surface area contributed by atoms with Crippen LogP contribution in [-0.2, 0) is 29.2 Å². The number of fused-ring (bicyclic) bond motifs is 1. The highest BCUT2D eigenvalue weighted by Gasteiger charge is 2.19. The fraction of sp³-hybridized carbons (Fsp3) is 0.421. The molecule has 0 saturated carbocycles. The molecular formula is C19H25N6O4+. The molecule has 3 rings (SSSR count). The fourth-order valence-corrected chi connectivity index (χ4v) is 3.19. The van der Waals surface area contributed by atoms with Crippen LogP contribution in [0.3, 0.4) is 0 Å². The number of H-pyrrole nitrogens is 1. The molecule has 0 fully saturated rings. The number of hydrogen-bond acceptors (Lipinski definition) is 7. The topological polar surface area (TPSA) is 127 Å². The molecule has 0 aliphatic carbocycles. The van der Waals surface area contributed by atoms with Gasteiger partial charge in [-0.05, 0) is 47.9 Å². The van der Waals surface area contributed by atoms with Crippen molar-refractivity contribution in [2.75, 3.05) is 19.8 Å². The third kappa shape index (κ3) is 5.24. The van der Waals surface area contributed by atoms with Crippen LogP contribution in [0.15, 0.2) is 29.1 Å². The fourth-order valence-electron chi connectivity index (χ4n) is 3.19. The number of aromatic amines is 1. The number of aryl methyl sites for hydroxylation is 1. The van der Waals surface area contributed by atoms with Gasteiger partial charge in [0.05, 0.1) is 18.8 Å². The van der Waals surface area contributed by atoms with E-state index >= 15 is 0 Å². The monoisotopic (exact) mass is 401 g/mol. The zero-order valence-corrected chi connectivity index (χ0v) is 16.5. The Labute approximate surface area is 167 Å². The third-order valence-electron chi connectivity index (χ3n) is 4.58. The van der Waals surface area contributed by atoms with Crippen LogP contribution in [0.25, 0.3) is 10.9 Å². The minimum Gasteiger partial charge on any atom is -0.465 e. The molecule has 154 valence electrons. The van der Waals surface area contributed by atoms with Crippen LogP contribution in [0, 0.1) is 6.92 Å². The third-order valence-corrected chi connectivity index (χ3v) is 4.58. The van der Waals surface area contributed by atoms with E-state index in [2.05, 4.69) is 20.5 Å². The van der Waals surface area contributed by atoms with E-state index in [4.69, 9.17) is 4.74 Å². The predicted molar refractivity (Wildman–Crippen MR) is 104 cm³/mol. The Morgan fingerprint density at radius 3 is 2.90 bits per heavy atom. The van der Waals surface area contributed by atoms with Gasteiger partial charge in [0.25, 0.3) is 5.56 Å². The number of carbonyl (C=O) groups excluding carboxylic acids is 1. The van der Waals surface area contributed by atoms with Crippen molar-refractivity contribution in [1.29, 1.82) is 0 Å². The van der Waals surface area contributed by atoms with Gasteiger partial charge < -0.3 is 19.7 Å². The standard InChI is InChI=1S/C19H24N6O4/c1-3-29-18(27)12-25-17(21-22-23-25)11-24(6-7-26)10-15-9-14-8-13(2)4-5-16(14)20-19(15)28/h4-5,8-9,26H,3,6-7,10-12H2,1-2H3,(H,20,28)/p+1. The van der Waals surface area contributed by atoms with E-state index in [1.54, 1.807) is 6.92 Å². The van der Waals surface area contributed by atoms with Crippen molar-refractivity contribution in [3.63, 3.8) is 0 Å². The zero-order chi connectivity index (χ0) is 20.8. The maximum Gasteiger partial charge on any atom is 0.327 e. The number of rotatable bonds is 9. The van der Waals surface area contributed by atoms with E-state index in [9.17, 15) is 14.7 Å². The summed E-state index contributed by atoms with van der Waals surface area (Å²) < 4.78 is 6.32. The number of ether oxygens (including phenoxy) is 1. The molecule has 0 saturated heterocycles. The van der Waals surface area contributed by atoms with Gasteiger partial charge in [-0.2, -0.15) is 0 Å². The minimum absolute atomic E-state index is 0.0562. The van der Waals surface area contributed by atoms with Crippen molar-refractivity contribution in [3.8, 4) is 0 Å². The summed E-state index contributed by atoms with van der Waals surface area (Å²) in [6.07, 6.45) is 0. The average Bonchev–Trinajstić information content (AvgIpc) is 3.09. The van der Waals surface area contributed by atoms with Gasteiger partial charge in [0, 0.05) is 5.52 Å². The lowest BCUT2D eigenvalue weighted by atomic mass is 10.1. The number of nitrogens with one attached hydrogen (secondary N) is 2. The first kappa shape index (κ1) is 20.6. The molecule has 0 aliphatic rings. The number of benzene rings is 1. The Morgan fingerprint density at radius 1 is 1.31 bits per heavy atom. The molecule has 0 bridgehead atoms. The zero-order valence-electron chi connectivity index (χ0n) is 16.5. The molecule has 1 aromatic carbocycles. The second-order valence-corrected chi connectivity index (χ2v) is 6.85. The Morgan fingerprint density at radius 2 is 2.14 bits per heavy atom. The summed E-state index contributed by atoms with van der Waals surface area (Å²) in [4.78, 5) is 28.0. The predicted octanol–water partition coefficient (Wildman–Crippen LogP) is -1.04. The van der Waals surface area contributed by atoms with Gasteiger partial charge >= 0.3 is 5.97 Å². The molecule has 3 N–H and O–H groups in total. The molecule has 0 spiro atoms.